The zero-order chi connectivity index (χ0) is 19.8. The van der Waals surface area contributed by atoms with Crippen molar-refractivity contribution in [3.05, 3.63) is 60.2 Å². The molecule has 0 spiro atoms. The Morgan fingerprint density at radius 2 is 1.59 bits per heavy atom. The normalized spacial score (nSPS) is 12.9. The third kappa shape index (κ3) is 6.13. The van der Waals surface area contributed by atoms with E-state index in [9.17, 15) is 9.59 Å². The molecule has 2 atom stereocenters. The van der Waals surface area contributed by atoms with Crippen LogP contribution in [-0.2, 0) is 4.79 Å². The molecule has 5 nitrogen and oxygen atoms in total. The van der Waals surface area contributed by atoms with Crippen molar-refractivity contribution in [1.29, 1.82) is 0 Å². The fourth-order valence-electron chi connectivity index (χ4n) is 2.63. The Bertz CT molecular complexity index is 742. The lowest BCUT2D eigenvalue weighted by molar-refractivity contribution is -0.119. The molecule has 144 valence electrons. The van der Waals surface area contributed by atoms with Crippen molar-refractivity contribution in [3.8, 4) is 5.75 Å². The average Bonchev–Trinajstić information content (AvgIpc) is 2.67. The molecule has 0 fully saturated rings. The van der Waals surface area contributed by atoms with Crippen LogP contribution in [0.2, 0.25) is 0 Å². The van der Waals surface area contributed by atoms with Gasteiger partial charge in [-0.15, -0.1) is 0 Å². The summed E-state index contributed by atoms with van der Waals surface area (Å²) in [4.78, 5) is 25.3. The fourth-order valence-corrected chi connectivity index (χ4v) is 2.63. The van der Waals surface area contributed by atoms with Crippen molar-refractivity contribution < 1.29 is 14.3 Å². The monoisotopic (exact) mass is 368 g/mol. The minimum atomic E-state index is -0.616. The molecule has 5 heteroatoms. The van der Waals surface area contributed by atoms with Crippen molar-refractivity contribution in [2.75, 3.05) is 5.32 Å². The van der Waals surface area contributed by atoms with Gasteiger partial charge in [-0.05, 0) is 56.2 Å². The van der Waals surface area contributed by atoms with Gasteiger partial charge in [0.25, 0.3) is 5.91 Å². The Morgan fingerprint density at radius 3 is 2.15 bits per heavy atom. The summed E-state index contributed by atoms with van der Waals surface area (Å²) in [5, 5.41) is 5.75. The Hall–Kier alpha value is -2.82. The van der Waals surface area contributed by atoms with Gasteiger partial charge in [-0.25, -0.2) is 0 Å². The number of hydrogen-bond donors (Lipinski definition) is 2. The summed E-state index contributed by atoms with van der Waals surface area (Å²) in [6.07, 6.45) is 0.863. The topological polar surface area (TPSA) is 67.4 Å². The lowest BCUT2D eigenvalue weighted by atomic mass is 9.97. The van der Waals surface area contributed by atoms with E-state index in [-0.39, 0.29) is 23.8 Å². The summed E-state index contributed by atoms with van der Waals surface area (Å²) in [6, 6.07) is 15.5. The molecule has 0 aliphatic rings. The third-order valence-corrected chi connectivity index (χ3v) is 4.31. The maximum absolute atomic E-state index is 12.8. The van der Waals surface area contributed by atoms with Crippen molar-refractivity contribution in [2.24, 2.45) is 5.92 Å². The van der Waals surface area contributed by atoms with Gasteiger partial charge < -0.3 is 15.4 Å². The van der Waals surface area contributed by atoms with Gasteiger partial charge >= 0.3 is 0 Å². The maximum atomic E-state index is 12.8. The van der Waals surface area contributed by atoms with E-state index in [1.165, 1.54) is 0 Å². The molecule has 2 N–H and O–H groups in total. The summed E-state index contributed by atoms with van der Waals surface area (Å²) in [6.45, 7) is 7.87. The first-order valence-corrected chi connectivity index (χ1v) is 9.34. The zero-order valence-electron chi connectivity index (χ0n) is 16.4. The van der Waals surface area contributed by atoms with Crippen LogP contribution >= 0.6 is 0 Å². The molecule has 0 saturated heterocycles. The van der Waals surface area contributed by atoms with Crippen LogP contribution in [0.3, 0.4) is 0 Å². The quantitative estimate of drug-likeness (QED) is 0.732. The standard InChI is InChI=1S/C22H28N2O3/c1-5-16(4)20(24-21(25)17-9-7-6-8-10-17)22(26)23-18-11-13-19(14-12-18)27-15(2)3/h6-16,20H,5H2,1-4H3,(H,23,26)(H,24,25). The van der Waals surface area contributed by atoms with Crippen molar-refractivity contribution >= 4 is 17.5 Å². The van der Waals surface area contributed by atoms with Crippen LogP contribution in [0, 0.1) is 5.92 Å². The van der Waals surface area contributed by atoms with Crippen LogP contribution in [0.4, 0.5) is 5.69 Å². The summed E-state index contributed by atoms with van der Waals surface area (Å²) in [5.41, 5.74) is 1.20. The molecule has 0 aliphatic heterocycles. The van der Waals surface area contributed by atoms with Crippen LogP contribution in [0.5, 0.6) is 5.75 Å². The van der Waals surface area contributed by atoms with Gasteiger partial charge in [0.1, 0.15) is 11.8 Å². The van der Waals surface area contributed by atoms with Gasteiger partial charge in [0.15, 0.2) is 0 Å². The summed E-state index contributed by atoms with van der Waals surface area (Å²) in [7, 11) is 0. The number of carbonyl (C=O) groups excluding carboxylic acids is 2. The highest BCUT2D eigenvalue weighted by Crippen LogP contribution is 2.18. The van der Waals surface area contributed by atoms with Crippen molar-refractivity contribution in [3.63, 3.8) is 0 Å². The molecule has 0 radical (unpaired) electrons. The zero-order valence-corrected chi connectivity index (χ0v) is 16.4. The predicted molar refractivity (Wildman–Crippen MR) is 108 cm³/mol. The Balaban J connectivity index is 2.07. The van der Waals surface area contributed by atoms with Gasteiger partial charge in [-0.3, -0.25) is 9.59 Å². The van der Waals surface area contributed by atoms with E-state index in [1.807, 2.05) is 45.9 Å². The van der Waals surface area contributed by atoms with Gasteiger partial charge in [0, 0.05) is 11.3 Å². The molecule has 2 rings (SSSR count). The van der Waals surface area contributed by atoms with E-state index in [0.717, 1.165) is 12.2 Å². The van der Waals surface area contributed by atoms with Crippen LogP contribution < -0.4 is 15.4 Å². The molecule has 0 aliphatic carbocycles. The molecular weight excluding hydrogens is 340 g/mol. The molecule has 0 heterocycles. The first kappa shape index (κ1) is 20.5. The van der Waals surface area contributed by atoms with Crippen LogP contribution in [0.25, 0.3) is 0 Å². The summed E-state index contributed by atoms with van der Waals surface area (Å²) in [5.74, 6) is 0.267. The Labute approximate surface area is 161 Å². The maximum Gasteiger partial charge on any atom is 0.251 e. The van der Waals surface area contributed by atoms with Crippen LogP contribution in [0.15, 0.2) is 54.6 Å². The van der Waals surface area contributed by atoms with Crippen LogP contribution in [0.1, 0.15) is 44.5 Å². The largest absolute Gasteiger partial charge is 0.491 e. The highest BCUT2D eigenvalue weighted by atomic mass is 16.5. The average molecular weight is 368 g/mol. The molecule has 2 unspecified atom stereocenters. The second-order valence-electron chi connectivity index (χ2n) is 6.88. The minimum Gasteiger partial charge on any atom is -0.491 e. The molecule has 27 heavy (non-hydrogen) atoms. The summed E-state index contributed by atoms with van der Waals surface area (Å²) >= 11 is 0. The molecule has 2 aromatic carbocycles. The minimum absolute atomic E-state index is 0.00112. The molecule has 0 saturated carbocycles. The number of ether oxygens (including phenoxy) is 1. The SMILES string of the molecule is CCC(C)C(NC(=O)c1ccccc1)C(=O)Nc1ccc(OC(C)C)cc1. The molecule has 2 amide bonds. The van der Waals surface area contributed by atoms with Gasteiger partial charge in [-0.2, -0.15) is 0 Å². The van der Waals surface area contributed by atoms with Gasteiger partial charge in [0.2, 0.25) is 5.91 Å². The van der Waals surface area contributed by atoms with Gasteiger partial charge in [0.05, 0.1) is 6.10 Å². The molecular formula is C22H28N2O3. The lowest BCUT2D eigenvalue weighted by Gasteiger charge is -2.23. The Morgan fingerprint density at radius 1 is 0.963 bits per heavy atom. The second-order valence-corrected chi connectivity index (χ2v) is 6.88. The van der Waals surface area contributed by atoms with E-state index >= 15 is 0 Å². The van der Waals surface area contributed by atoms with E-state index in [0.29, 0.717) is 11.3 Å². The Kier molecular flexibility index (Phi) is 7.41. The third-order valence-electron chi connectivity index (χ3n) is 4.31. The number of rotatable bonds is 8. The van der Waals surface area contributed by atoms with E-state index in [1.54, 1.807) is 36.4 Å². The number of nitrogens with one attached hydrogen (secondary N) is 2. The highest BCUT2D eigenvalue weighted by Gasteiger charge is 2.26. The molecule has 0 aromatic heterocycles. The number of hydrogen-bond acceptors (Lipinski definition) is 3. The lowest BCUT2D eigenvalue weighted by Crippen LogP contribution is -2.47. The number of amides is 2. The number of benzene rings is 2. The van der Waals surface area contributed by atoms with Gasteiger partial charge in [-0.1, -0.05) is 38.5 Å². The number of anilines is 1. The van der Waals surface area contributed by atoms with Crippen LogP contribution in [-0.4, -0.2) is 24.0 Å². The highest BCUT2D eigenvalue weighted by molar-refractivity contribution is 6.01. The first-order valence-electron chi connectivity index (χ1n) is 9.34. The van der Waals surface area contributed by atoms with E-state index in [2.05, 4.69) is 10.6 Å². The smallest absolute Gasteiger partial charge is 0.251 e. The predicted octanol–water partition coefficient (Wildman–Crippen LogP) is 4.26. The van der Waals surface area contributed by atoms with E-state index < -0.39 is 6.04 Å². The first-order chi connectivity index (χ1) is 12.9. The second kappa shape index (κ2) is 9.76. The fraction of sp³-hybridized carbons (Fsp3) is 0.364. The van der Waals surface area contributed by atoms with Crippen molar-refractivity contribution in [1.82, 2.24) is 5.32 Å². The molecule has 0 bridgehead atoms. The molecule has 2 aromatic rings. The van der Waals surface area contributed by atoms with E-state index in [4.69, 9.17) is 4.74 Å². The number of carbonyl (C=O) groups is 2. The van der Waals surface area contributed by atoms with Crippen molar-refractivity contribution in [2.45, 2.75) is 46.3 Å². The summed E-state index contributed by atoms with van der Waals surface area (Å²) < 4.78 is 5.61.